The highest BCUT2D eigenvalue weighted by Crippen LogP contribution is 2.24. The third-order valence-electron chi connectivity index (χ3n) is 4.79. The summed E-state index contributed by atoms with van der Waals surface area (Å²) in [4.78, 5) is 12.5. The lowest BCUT2D eigenvalue weighted by Crippen LogP contribution is -2.58. The molecule has 2 heterocycles. The quantitative estimate of drug-likeness (QED) is 0.879. The first-order valence-corrected chi connectivity index (χ1v) is 8.08. The summed E-state index contributed by atoms with van der Waals surface area (Å²) in [7, 11) is 0. The lowest BCUT2D eigenvalue weighted by molar-refractivity contribution is -0.120. The molecule has 1 saturated heterocycles. The van der Waals surface area contributed by atoms with E-state index in [2.05, 4.69) is 35.7 Å². The zero-order valence-electron chi connectivity index (χ0n) is 12.9. The third-order valence-corrected chi connectivity index (χ3v) is 4.79. The summed E-state index contributed by atoms with van der Waals surface area (Å²) < 4.78 is 0. The van der Waals surface area contributed by atoms with Gasteiger partial charge < -0.3 is 5.32 Å². The average Bonchev–Trinajstić information content (AvgIpc) is 2.62. The molecule has 2 aliphatic heterocycles. The Bertz CT molecular complexity index is 507. The Morgan fingerprint density at radius 3 is 2.62 bits per heavy atom. The van der Waals surface area contributed by atoms with Crippen molar-refractivity contribution in [2.75, 3.05) is 5.32 Å². The molecule has 3 rings (SSSR count). The number of carbonyl (C=O) groups is 1. The summed E-state index contributed by atoms with van der Waals surface area (Å²) in [6.45, 7) is 4.48. The number of benzene rings is 1. The third kappa shape index (κ3) is 3.11. The number of nitrogens with zero attached hydrogens (tertiary/aromatic N) is 1. The van der Waals surface area contributed by atoms with E-state index in [-0.39, 0.29) is 11.9 Å². The molecule has 0 bridgehead atoms. The van der Waals surface area contributed by atoms with Crippen molar-refractivity contribution in [2.45, 2.75) is 64.1 Å². The van der Waals surface area contributed by atoms with Gasteiger partial charge in [-0.15, -0.1) is 0 Å². The molecule has 1 fully saturated rings. The van der Waals surface area contributed by atoms with Crippen LogP contribution in [0.1, 0.15) is 45.1 Å². The standard InChI is InChI=1S/C17H25N3O/c1-12-6-5-7-13(2)20(12)19-16-11-10-14-8-3-4-9-15(14)18-17(16)21/h3-4,8-9,12-13,16,19H,5-7,10-11H2,1-2H3,(H,18,21). The second-order valence-corrected chi connectivity index (χ2v) is 6.40. The molecule has 3 unspecified atom stereocenters. The number of fused-ring (bicyclic) bond motifs is 1. The smallest absolute Gasteiger partial charge is 0.242 e. The van der Waals surface area contributed by atoms with Gasteiger partial charge in [0.05, 0.1) is 0 Å². The van der Waals surface area contributed by atoms with Crippen LogP contribution in [0.15, 0.2) is 24.3 Å². The second kappa shape index (κ2) is 6.16. The van der Waals surface area contributed by atoms with Gasteiger partial charge in [-0.1, -0.05) is 24.6 Å². The Balaban J connectivity index is 1.71. The predicted octanol–water partition coefficient (Wildman–Crippen LogP) is 2.71. The highest BCUT2D eigenvalue weighted by molar-refractivity contribution is 5.96. The zero-order valence-corrected chi connectivity index (χ0v) is 12.9. The number of hydrogen-bond acceptors (Lipinski definition) is 3. The van der Waals surface area contributed by atoms with Crippen LogP contribution in [0.5, 0.6) is 0 Å². The Hall–Kier alpha value is -1.39. The van der Waals surface area contributed by atoms with Crippen molar-refractivity contribution in [3.05, 3.63) is 29.8 Å². The molecule has 0 aromatic heterocycles. The Morgan fingerprint density at radius 1 is 1.14 bits per heavy atom. The first-order valence-electron chi connectivity index (χ1n) is 8.08. The van der Waals surface area contributed by atoms with Crippen LogP contribution in [0.3, 0.4) is 0 Å². The number of carbonyl (C=O) groups excluding carboxylic acids is 1. The van der Waals surface area contributed by atoms with Crippen LogP contribution in [0.4, 0.5) is 5.69 Å². The molecular formula is C17H25N3O. The molecule has 0 spiro atoms. The minimum absolute atomic E-state index is 0.0879. The maximum atomic E-state index is 12.5. The van der Waals surface area contributed by atoms with Gasteiger partial charge in [0.1, 0.15) is 6.04 Å². The summed E-state index contributed by atoms with van der Waals surface area (Å²) in [6.07, 6.45) is 5.46. The molecule has 1 amide bonds. The minimum atomic E-state index is -0.139. The van der Waals surface area contributed by atoms with E-state index in [1.54, 1.807) is 0 Å². The maximum Gasteiger partial charge on any atom is 0.242 e. The monoisotopic (exact) mass is 287 g/mol. The molecule has 3 atom stereocenters. The van der Waals surface area contributed by atoms with Crippen LogP contribution in [0.2, 0.25) is 0 Å². The first-order chi connectivity index (χ1) is 10.1. The number of piperidine rings is 1. The van der Waals surface area contributed by atoms with Crippen molar-refractivity contribution >= 4 is 11.6 Å². The summed E-state index contributed by atoms with van der Waals surface area (Å²) in [6, 6.07) is 8.95. The van der Waals surface area contributed by atoms with E-state index < -0.39 is 0 Å². The number of aryl methyl sites for hydroxylation is 1. The summed E-state index contributed by atoms with van der Waals surface area (Å²) in [5, 5.41) is 5.36. The fraction of sp³-hybridized carbons (Fsp3) is 0.588. The average molecular weight is 287 g/mol. The number of para-hydroxylation sites is 1. The van der Waals surface area contributed by atoms with Gasteiger partial charge in [-0.3, -0.25) is 4.79 Å². The van der Waals surface area contributed by atoms with E-state index in [9.17, 15) is 4.79 Å². The van der Waals surface area contributed by atoms with Crippen molar-refractivity contribution < 1.29 is 4.79 Å². The van der Waals surface area contributed by atoms with Gasteiger partial charge in [-0.2, -0.15) is 0 Å². The Labute approximate surface area is 126 Å². The first kappa shape index (κ1) is 14.5. The van der Waals surface area contributed by atoms with Crippen molar-refractivity contribution in [1.29, 1.82) is 0 Å². The largest absolute Gasteiger partial charge is 0.324 e. The molecule has 2 aliphatic rings. The number of nitrogens with one attached hydrogen (secondary N) is 2. The van der Waals surface area contributed by atoms with Gasteiger partial charge in [0.25, 0.3) is 0 Å². The molecule has 0 aliphatic carbocycles. The zero-order chi connectivity index (χ0) is 14.8. The highest BCUT2D eigenvalue weighted by Gasteiger charge is 2.30. The number of amides is 1. The Morgan fingerprint density at radius 2 is 1.86 bits per heavy atom. The molecule has 4 nitrogen and oxygen atoms in total. The van der Waals surface area contributed by atoms with Crippen molar-refractivity contribution in [3.8, 4) is 0 Å². The van der Waals surface area contributed by atoms with Gasteiger partial charge in [0, 0.05) is 17.8 Å². The van der Waals surface area contributed by atoms with Gasteiger partial charge >= 0.3 is 0 Å². The van der Waals surface area contributed by atoms with Crippen LogP contribution in [0.25, 0.3) is 0 Å². The number of anilines is 1. The van der Waals surface area contributed by atoms with Crippen LogP contribution in [-0.2, 0) is 11.2 Å². The van der Waals surface area contributed by atoms with E-state index in [0.717, 1.165) is 18.5 Å². The molecule has 1 aromatic carbocycles. The fourth-order valence-electron chi connectivity index (χ4n) is 3.49. The molecule has 0 saturated carbocycles. The highest BCUT2D eigenvalue weighted by atomic mass is 16.2. The summed E-state index contributed by atoms with van der Waals surface area (Å²) in [5.74, 6) is 0.0879. The maximum absolute atomic E-state index is 12.5. The topological polar surface area (TPSA) is 44.4 Å². The van der Waals surface area contributed by atoms with E-state index in [1.807, 2.05) is 18.2 Å². The molecule has 1 aromatic rings. The molecule has 21 heavy (non-hydrogen) atoms. The van der Waals surface area contributed by atoms with Crippen LogP contribution in [0, 0.1) is 0 Å². The number of hydrogen-bond donors (Lipinski definition) is 2. The predicted molar refractivity (Wildman–Crippen MR) is 84.9 cm³/mol. The SMILES string of the molecule is CC1CCCC(C)N1NC1CCc2ccccc2NC1=O. The summed E-state index contributed by atoms with van der Waals surface area (Å²) in [5.41, 5.74) is 5.70. The van der Waals surface area contributed by atoms with Crippen molar-refractivity contribution in [1.82, 2.24) is 10.4 Å². The van der Waals surface area contributed by atoms with Gasteiger partial charge in [0.2, 0.25) is 5.91 Å². The molecule has 0 radical (unpaired) electrons. The second-order valence-electron chi connectivity index (χ2n) is 6.40. The van der Waals surface area contributed by atoms with Crippen molar-refractivity contribution in [2.24, 2.45) is 0 Å². The van der Waals surface area contributed by atoms with Gasteiger partial charge in [-0.25, -0.2) is 10.4 Å². The van der Waals surface area contributed by atoms with Crippen molar-refractivity contribution in [3.63, 3.8) is 0 Å². The molecule has 114 valence electrons. The number of rotatable bonds is 2. The van der Waals surface area contributed by atoms with Crippen LogP contribution in [-0.4, -0.2) is 29.0 Å². The van der Waals surface area contributed by atoms with Crippen LogP contribution >= 0.6 is 0 Å². The normalized spacial score (nSPS) is 30.4. The van der Waals surface area contributed by atoms with E-state index >= 15 is 0 Å². The molecular weight excluding hydrogens is 262 g/mol. The fourth-order valence-corrected chi connectivity index (χ4v) is 3.49. The lowest BCUT2D eigenvalue weighted by atomic mass is 9.99. The molecule has 2 N–H and O–H groups in total. The van der Waals surface area contributed by atoms with E-state index in [4.69, 9.17) is 0 Å². The van der Waals surface area contributed by atoms with E-state index in [1.165, 1.54) is 24.8 Å². The summed E-state index contributed by atoms with van der Waals surface area (Å²) >= 11 is 0. The Kier molecular flexibility index (Phi) is 4.27. The van der Waals surface area contributed by atoms with Gasteiger partial charge in [-0.05, 0) is 51.2 Å². The van der Waals surface area contributed by atoms with Crippen LogP contribution < -0.4 is 10.7 Å². The van der Waals surface area contributed by atoms with E-state index in [0.29, 0.717) is 12.1 Å². The lowest BCUT2D eigenvalue weighted by Gasteiger charge is -2.40. The van der Waals surface area contributed by atoms with Gasteiger partial charge in [0.15, 0.2) is 0 Å². The number of hydrazine groups is 1. The minimum Gasteiger partial charge on any atom is -0.324 e. The molecule has 4 heteroatoms.